The highest BCUT2D eigenvalue weighted by Gasteiger charge is 2.35. The maximum atomic E-state index is 4.19. The predicted molar refractivity (Wildman–Crippen MR) is 274 cm³/mol. The minimum Gasteiger partial charge on any atom is -0.310 e. The molecule has 0 saturated carbocycles. The molecule has 0 amide bonds. The van der Waals surface area contributed by atoms with Crippen LogP contribution in [0.4, 0.5) is 34.1 Å². The normalized spacial score (nSPS) is 12.3. The number of hydrogen-bond acceptors (Lipinski definition) is 2. The molecular formula is C62H52N2. The summed E-state index contributed by atoms with van der Waals surface area (Å²) in [6, 6.07) is 75.9. The highest BCUT2D eigenvalue weighted by molar-refractivity contribution is 5.90. The Kier molecular flexibility index (Phi) is 10.4. The Bertz CT molecular complexity index is 3140. The minimum absolute atomic E-state index is 0.136. The molecule has 1 aliphatic carbocycles. The molecular weight excluding hydrogens is 773 g/mol. The largest absolute Gasteiger partial charge is 0.310 e. The second-order valence-electron chi connectivity index (χ2n) is 17.8. The van der Waals surface area contributed by atoms with Gasteiger partial charge in [-0.2, -0.15) is 0 Å². The molecule has 2 heteroatoms. The summed E-state index contributed by atoms with van der Waals surface area (Å²) in [7, 11) is 0. The van der Waals surface area contributed by atoms with E-state index in [-0.39, 0.29) is 5.41 Å². The van der Waals surface area contributed by atoms with E-state index in [4.69, 9.17) is 0 Å². The Hall–Kier alpha value is -7.68. The summed E-state index contributed by atoms with van der Waals surface area (Å²) < 4.78 is 0. The predicted octanol–water partition coefficient (Wildman–Crippen LogP) is 17.5. The lowest BCUT2D eigenvalue weighted by Crippen LogP contribution is -2.15. The monoisotopic (exact) mass is 824 g/mol. The van der Waals surface area contributed by atoms with Crippen LogP contribution in [0.5, 0.6) is 0 Å². The first-order valence-corrected chi connectivity index (χ1v) is 22.3. The average molecular weight is 825 g/mol. The molecule has 310 valence electrons. The molecule has 0 fully saturated rings. The molecule has 0 unspecified atom stereocenters. The van der Waals surface area contributed by atoms with Crippen LogP contribution in [0.25, 0.3) is 50.6 Å². The molecule has 0 aliphatic heterocycles. The fourth-order valence-electron chi connectivity index (χ4n) is 9.78. The molecule has 9 aromatic rings. The van der Waals surface area contributed by atoms with Crippen molar-refractivity contribution in [1.29, 1.82) is 0 Å². The van der Waals surface area contributed by atoms with Gasteiger partial charge in [0.2, 0.25) is 0 Å². The van der Waals surface area contributed by atoms with Gasteiger partial charge in [-0.1, -0.05) is 160 Å². The molecule has 0 heterocycles. The third-order valence-corrected chi connectivity index (χ3v) is 12.8. The Morgan fingerprint density at radius 3 is 1.33 bits per heavy atom. The van der Waals surface area contributed by atoms with Crippen LogP contribution in [-0.2, 0) is 5.41 Å². The van der Waals surface area contributed by atoms with E-state index in [1.165, 1.54) is 66.8 Å². The van der Waals surface area contributed by atoms with Gasteiger partial charge in [0, 0.05) is 39.5 Å². The summed E-state index contributed by atoms with van der Waals surface area (Å²) in [5, 5.41) is 0. The van der Waals surface area contributed by atoms with E-state index in [0.29, 0.717) is 0 Å². The Morgan fingerprint density at radius 2 is 0.781 bits per heavy atom. The van der Waals surface area contributed by atoms with Crippen LogP contribution in [0, 0.1) is 20.8 Å². The van der Waals surface area contributed by atoms with Gasteiger partial charge in [0.15, 0.2) is 0 Å². The van der Waals surface area contributed by atoms with Gasteiger partial charge in [0.1, 0.15) is 0 Å². The van der Waals surface area contributed by atoms with E-state index in [1.54, 1.807) is 0 Å². The van der Waals surface area contributed by atoms with E-state index in [1.807, 2.05) is 6.08 Å². The molecule has 9 aromatic carbocycles. The van der Waals surface area contributed by atoms with E-state index < -0.39 is 0 Å². The highest BCUT2D eigenvalue weighted by Crippen LogP contribution is 2.51. The number of hydrogen-bond donors (Lipinski definition) is 0. The second-order valence-corrected chi connectivity index (χ2v) is 17.8. The highest BCUT2D eigenvalue weighted by atomic mass is 15.2. The van der Waals surface area contributed by atoms with Crippen LogP contribution in [-0.4, -0.2) is 0 Å². The Morgan fingerprint density at radius 1 is 0.344 bits per heavy atom. The average Bonchev–Trinajstić information content (AvgIpc) is 3.55. The van der Waals surface area contributed by atoms with Crippen molar-refractivity contribution < 1.29 is 0 Å². The van der Waals surface area contributed by atoms with Crippen LogP contribution in [0.15, 0.2) is 213 Å². The molecule has 64 heavy (non-hydrogen) atoms. The SMILES string of the molecule is C=Cc1cc(C)cc(N(c2ccc(-c3ccccc3)cc2)c2cc(-c3ccc4c(c3)C(C)(C)c3ccccc3-4)cc(N(c3ccc(-c4ccccc4)cc3)c3cc(C)cc(C)c3)c2)c1. The summed E-state index contributed by atoms with van der Waals surface area (Å²) in [5.74, 6) is 0. The lowest BCUT2D eigenvalue weighted by atomic mass is 9.81. The summed E-state index contributed by atoms with van der Waals surface area (Å²) in [6.07, 6.45) is 1.94. The maximum absolute atomic E-state index is 4.19. The van der Waals surface area contributed by atoms with E-state index in [9.17, 15) is 0 Å². The maximum Gasteiger partial charge on any atom is 0.0488 e. The lowest BCUT2D eigenvalue weighted by Gasteiger charge is -2.31. The van der Waals surface area contributed by atoms with Gasteiger partial charge in [-0.25, -0.2) is 0 Å². The van der Waals surface area contributed by atoms with Crippen molar-refractivity contribution in [2.45, 2.75) is 40.0 Å². The number of nitrogens with zero attached hydrogens (tertiary/aromatic N) is 2. The number of fused-ring (bicyclic) bond motifs is 3. The summed E-state index contributed by atoms with van der Waals surface area (Å²) in [6.45, 7) is 15.5. The molecule has 0 aromatic heterocycles. The van der Waals surface area contributed by atoms with Gasteiger partial charge in [-0.3, -0.25) is 0 Å². The molecule has 1 aliphatic rings. The third-order valence-electron chi connectivity index (χ3n) is 12.8. The van der Waals surface area contributed by atoms with Crippen LogP contribution in [0.3, 0.4) is 0 Å². The molecule has 0 radical (unpaired) electrons. The topological polar surface area (TPSA) is 6.48 Å². The van der Waals surface area contributed by atoms with Gasteiger partial charge in [-0.05, 0) is 171 Å². The standard InChI is InChI=1S/C62H52N2/c1-7-45-33-44(4)36-55(37-45)64(53-29-24-49(25-30-53)47-18-12-9-13-19-47)57-39-51(50-26-31-59-58-20-14-15-21-60(58)62(5,6)61(59)40-50)38-56(41-57)63(54-34-42(2)32-43(3)35-54)52-27-22-48(23-28-52)46-16-10-8-11-17-46/h7-41H,1H2,2-6H3. The molecule has 2 nitrogen and oxygen atoms in total. The number of anilines is 6. The van der Waals surface area contributed by atoms with E-state index >= 15 is 0 Å². The quantitative estimate of drug-likeness (QED) is 0.136. The van der Waals surface area contributed by atoms with Gasteiger partial charge < -0.3 is 9.80 Å². The van der Waals surface area contributed by atoms with Gasteiger partial charge >= 0.3 is 0 Å². The van der Waals surface area contributed by atoms with Crippen LogP contribution in [0.2, 0.25) is 0 Å². The zero-order valence-electron chi connectivity index (χ0n) is 37.3. The molecule has 10 rings (SSSR count). The Balaban J connectivity index is 1.22. The summed E-state index contributed by atoms with van der Waals surface area (Å²) in [4.78, 5) is 4.84. The fraction of sp³-hybridized carbons (Fsp3) is 0.0968. The lowest BCUT2D eigenvalue weighted by molar-refractivity contribution is 0.660. The first kappa shape index (κ1) is 40.4. The number of benzene rings is 9. The van der Waals surface area contributed by atoms with Crippen molar-refractivity contribution >= 4 is 40.2 Å². The molecule has 0 saturated heterocycles. The van der Waals surface area contributed by atoms with Crippen molar-refractivity contribution in [1.82, 2.24) is 0 Å². The minimum atomic E-state index is -0.136. The van der Waals surface area contributed by atoms with Crippen molar-refractivity contribution in [2.75, 3.05) is 9.80 Å². The molecule has 0 N–H and O–H groups in total. The third kappa shape index (κ3) is 7.62. The fourth-order valence-corrected chi connectivity index (χ4v) is 9.78. The van der Waals surface area contributed by atoms with Crippen molar-refractivity contribution in [3.8, 4) is 44.5 Å². The van der Waals surface area contributed by atoms with Gasteiger partial charge in [-0.15, -0.1) is 0 Å². The molecule has 0 spiro atoms. The summed E-state index contributed by atoms with van der Waals surface area (Å²) in [5.41, 5.74) is 23.4. The second kappa shape index (κ2) is 16.5. The van der Waals surface area contributed by atoms with Crippen molar-refractivity contribution in [2.24, 2.45) is 0 Å². The van der Waals surface area contributed by atoms with E-state index in [2.05, 4.69) is 257 Å². The smallest absolute Gasteiger partial charge is 0.0488 e. The van der Waals surface area contributed by atoms with Crippen LogP contribution in [0.1, 0.15) is 47.2 Å². The first-order chi connectivity index (χ1) is 31.1. The Labute approximate surface area is 379 Å². The molecule has 0 bridgehead atoms. The van der Waals surface area contributed by atoms with E-state index in [0.717, 1.165) is 45.3 Å². The van der Waals surface area contributed by atoms with Crippen molar-refractivity contribution in [3.05, 3.63) is 246 Å². The van der Waals surface area contributed by atoms with Crippen LogP contribution >= 0.6 is 0 Å². The van der Waals surface area contributed by atoms with Gasteiger partial charge in [0.05, 0.1) is 0 Å². The summed E-state index contributed by atoms with van der Waals surface area (Å²) >= 11 is 0. The molecule has 0 atom stereocenters. The number of rotatable bonds is 10. The first-order valence-electron chi connectivity index (χ1n) is 22.3. The zero-order chi connectivity index (χ0) is 44.0. The zero-order valence-corrected chi connectivity index (χ0v) is 37.3. The van der Waals surface area contributed by atoms with Gasteiger partial charge in [0.25, 0.3) is 0 Å². The van der Waals surface area contributed by atoms with Crippen LogP contribution < -0.4 is 9.80 Å². The van der Waals surface area contributed by atoms with Crippen molar-refractivity contribution in [3.63, 3.8) is 0 Å². The number of aryl methyl sites for hydroxylation is 3.